The van der Waals surface area contributed by atoms with E-state index in [-0.39, 0.29) is 29.4 Å². The van der Waals surface area contributed by atoms with Gasteiger partial charge in [-0.25, -0.2) is 13.2 Å². The molecule has 0 radical (unpaired) electrons. The average molecular weight is 495 g/mol. The van der Waals surface area contributed by atoms with Crippen LogP contribution >= 0.6 is 0 Å². The van der Waals surface area contributed by atoms with Gasteiger partial charge in [-0.05, 0) is 80.2 Å². The Balaban J connectivity index is 1.49. The summed E-state index contributed by atoms with van der Waals surface area (Å²) < 4.78 is 63.5. The highest BCUT2D eigenvalue weighted by molar-refractivity contribution is 5.73. The minimum Gasteiger partial charge on any atom is -0.491 e. The van der Waals surface area contributed by atoms with Gasteiger partial charge in [0.1, 0.15) is 0 Å². The van der Waals surface area contributed by atoms with E-state index in [0.29, 0.717) is 22.6 Å². The molecule has 1 saturated carbocycles. The van der Waals surface area contributed by atoms with Crippen LogP contribution in [-0.2, 0) is 0 Å². The number of allylic oxidation sites excluding steroid dienone is 2. The Morgan fingerprint density at radius 2 is 1.50 bits per heavy atom. The Morgan fingerprint density at radius 3 is 2.17 bits per heavy atom. The van der Waals surface area contributed by atoms with Crippen LogP contribution in [0.15, 0.2) is 60.7 Å². The molecule has 5 heteroatoms. The summed E-state index contributed by atoms with van der Waals surface area (Å²) >= 11 is 0. The maximum atomic E-state index is 15.1. The first kappa shape index (κ1) is 25.7. The summed E-state index contributed by atoms with van der Waals surface area (Å²) in [6.07, 6.45) is 11.0. The number of halogens is 4. The van der Waals surface area contributed by atoms with Crippen LogP contribution in [0.25, 0.3) is 23.3 Å². The predicted octanol–water partition coefficient (Wildman–Crippen LogP) is 9.33. The predicted molar refractivity (Wildman–Crippen MR) is 138 cm³/mol. The molecular weight excluding hydrogens is 464 g/mol. The largest absolute Gasteiger partial charge is 0.491 e. The van der Waals surface area contributed by atoms with E-state index in [0.717, 1.165) is 25.7 Å². The maximum Gasteiger partial charge on any atom is 0.201 e. The lowest BCUT2D eigenvalue weighted by Crippen LogP contribution is -2.13. The van der Waals surface area contributed by atoms with Crippen LogP contribution in [0.4, 0.5) is 17.6 Å². The molecule has 0 bridgehead atoms. The monoisotopic (exact) mass is 494 g/mol. The van der Waals surface area contributed by atoms with Crippen molar-refractivity contribution in [1.29, 1.82) is 0 Å². The van der Waals surface area contributed by atoms with Gasteiger partial charge in [0.2, 0.25) is 5.82 Å². The highest BCUT2D eigenvalue weighted by atomic mass is 19.2. The number of benzene rings is 3. The molecule has 1 fully saturated rings. The summed E-state index contributed by atoms with van der Waals surface area (Å²) in [5.41, 5.74) is 2.00. The Kier molecular flexibility index (Phi) is 8.29. The fraction of sp³-hybridized carbons (Fsp3) is 0.290. The molecule has 1 aliphatic rings. The molecule has 3 aromatic carbocycles. The third kappa shape index (κ3) is 5.56. The van der Waals surface area contributed by atoms with Crippen molar-refractivity contribution in [3.63, 3.8) is 0 Å². The van der Waals surface area contributed by atoms with Gasteiger partial charge in [0.25, 0.3) is 0 Å². The molecule has 4 rings (SSSR count). The van der Waals surface area contributed by atoms with Crippen molar-refractivity contribution >= 4 is 12.2 Å². The second-order valence-corrected chi connectivity index (χ2v) is 9.14. The number of hydrogen-bond donors (Lipinski definition) is 0. The Hall–Kier alpha value is -3.34. The van der Waals surface area contributed by atoms with Crippen molar-refractivity contribution in [1.82, 2.24) is 0 Å². The zero-order valence-corrected chi connectivity index (χ0v) is 20.5. The molecule has 0 spiro atoms. The summed E-state index contributed by atoms with van der Waals surface area (Å²) in [6, 6.07) is 13.0. The molecular formula is C31H30F4O. The topological polar surface area (TPSA) is 9.23 Å². The van der Waals surface area contributed by atoms with Crippen molar-refractivity contribution < 1.29 is 22.3 Å². The lowest BCUT2D eigenvalue weighted by Gasteiger charge is -2.27. The SMILES string of the molecule is CC=CC1CCC(c2ccc(-c3ccc(C=Cc4ccc(OCC)c(F)c4F)cc3)c(F)c2F)CC1. The third-order valence-electron chi connectivity index (χ3n) is 6.84. The lowest BCUT2D eigenvalue weighted by molar-refractivity contribution is 0.314. The zero-order chi connectivity index (χ0) is 25.7. The van der Waals surface area contributed by atoms with Crippen LogP contribution in [0.5, 0.6) is 5.75 Å². The molecule has 0 N–H and O–H groups in total. The third-order valence-corrected chi connectivity index (χ3v) is 6.84. The van der Waals surface area contributed by atoms with Crippen LogP contribution in [-0.4, -0.2) is 6.61 Å². The minimum atomic E-state index is -1.03. The van der Waals surface area contributed by atoms with E-state index in [1.54, 1.807) is 49.4 Å². The molecule has 0 atom stereocenters. The molecule has 0 amide bonds. The molecule has 0 heterocycles. The van der Waals surface area contributed by atoms with Gasteiger partial charge < -0.3 is 4.74 Å². The summed E-state index contributed by atoms with van der Waals surface area (Å²) in [5, 5.41) is 0. The molecule has 0 unspecified atom stereocenters. The minimum absolute atomic E-state index is 0.0374. The Morgan fingerprint density at radius 1 is 0.778 bits per heavy atom. The Labute approximate surface area is 210 Å². The average Bonchev–Trinajstić information content (AvgIpc) is 2.89. The number of rotatable bonds is 7. The summed E-state index contributed by atoms with van der Waals surface area (Å²) in [4.78, 5) is 0. The Bertz CT molecular complexity index is 1250. The second-order valence-electron chi connectivity index (χ2n) is 9.14. The molecule has 188 valence electrons. The van der Waals surface area contributed by atoms with Crippen LogP contribution < -0.4 is 4.74 Å². The zero-order valence-electron chi connectivity index (χ0n) is 20.5. The molecule has 0 aliphatic heterocycles. The number of ether oxygens (including phenoxy) is 1. The van der Waals surface area contributed by atoms with Gasteiger partial charge in [-0.1, -0.05) is 60.7 Å². The molecule has 0 aromatic heterocycles. The molecule has 0 saturated heterocycles. The van der Waals surface area contributed by atoms with Gasteiger partial charge >= 0.3 is 0 Å². The summed E-state index contributed by atoms with van der Waals surface area (Å²) in [7, 11) is 0. The van der Waals surface area contributed by atoms with Gasteiger partial charge in [0.05, 0.1) is 6.61 Å². The van der Waals surface area contributed by atoms with E-state index in [9.17, 15) is 8.78 Å². The van der Waals surface area contributed by atoms with E-state index in [1.807, 2.05) is 6.92 Å². The van der Waals surface area contributed by atoms with Crippen molar-refractivity contribution in [2.75, 3.05) is 6.61 Å². The van der Waals surface area contributed by atoms with E-state index < -0.39 is 23.3 Å². The van der Waals surface area contributed by atoms with Crippen molar-refractivity contribution in [2.45, 2.75) is 45.4 Å². The fourth-order valence-corrected chi connectivity index (χ4v) is 4.90. The highest BCUT2D eigenvalue weighted by Crippen LogP contribution is 2.39. The van der Waals surface area contributed by atoms with Crippen molar-refractivity contribution in [3.8, 4) is 16.9 Å². The lowest BCUT2D eigenvalue weighted by atomic mass is 9.78. The molecule has 1 aliphatic carbocycles. The fourth-order valence-electron chi connectivity index (χ4n) is 4.90. The first-order valence-corrected chi connectivity index (χ1v) is 12.4. The van der Waals surface area contributed by atoms with E-state index >= 15 is 8.78 Å². The maximum absolute atomic E-state index is 15.1. The van der Waals surface area contributed by atoms with Gasteiger partial charge in [0, 0.05) is 11.1 Å². The van der Waals surface area contributed by atoms with Crippen LogP contribution in [0.1, 0.15) is 62.1 Å². The van der Waals surface area contributed by atoms with E-state index in [1.165, 1.54) is 18.2 Å². The van der Waals surface area contributed by atoms with Gasteiger partial charge in [0.15, 0.2) is 23.2 Å². The number of hydrogen-bond acceptors (Lipinski definition) is 1. The summed E-state index contributed by atoms with van der Waals surface area (Å²) in [6.45, 7) is 3.94. The standard InChI is InChI=1S/C31H30F4O/c1-3-5-20-6-11-22(12-7-20)25-17-18-26(30(34)29(25)33)23-13-8-21(9-14-23)10-15-24-16-19-27(36-4-2)31(35)28(24)32/h3,5,8-10,13-20,22H,4,6-7,11-12H2,1-2H3. The molecule has 36 heavy (non-hydrogen) atoms. The first-order chi connectivity index (χ1) is 17.4. The van der Waals surface area contributed by atoms with Gasteiger partial charge in [-0.2, -0.15) is 4.39 Å². The van der Waals surface area contributed by atoms with E-state index in [4.69, 9.17) is 4.74 Å². The van der Waals surface area contributed by atoms with Gasteiger partial charge in [-0.3, -0.25) is 0 Å². The molecule has 3 aromatic rings. The highest BCUT2D eigenvalue weighted by Gasteiger charge is 2.25. The van der Waals surface area contributed by atoms with Crippen LogP contribution in [0.3, 0.4) is 0 Å². The normalized spacial score (nSPS) is 18.3. The molecule has 1 nitrogen and oxygen atoms in total. The van der Waals surface area contributed by atoms with Crippen LogP contribution in [0, 0.1) is 29.2 Å². The van der Waals surface area contributed by atoms with E-state index in [2.05, 4.69) is 12.2 Å². The quantitative estimate of drug-likeness (QED) is 0.181. The second kappa shape index (κ2) is 11.6. The van der Waals surface area contributed by atoms with Gasteiger partial charge in [-0.15, -0.1) is 0 Å². The van der Waals surface area contributed by atoms with Crippen molar-refractivity contribution in [3.05, 3.63) is 101 Å². The first-order valence-electron chi connectivity index (χ1n) is 12.4. The van der Waals surface area contributed by atoms with Crippen molar-refractivity contribution in [2.24, 2.45) is 5.92 Å². The smallest absolute Gasteiger partial charge is 0.201 e. The van der Waals surface area contributed by atoms with Crippen LogP contribution in [0.2, 0.25) is 0 Å². The summed E-state index contributed by atoms with van der Waals surface area (Å²) in [5.74, 6) is -3.18.